The molecule has 20 heavy (non-hydrogen) atoms. The van der Waals surface area contributed by atoms with E-state index in [2.05, 4.69) is 32.5 Å². The average Bonchev–Trinajstić information content (AvgIpc) is 2.82. The van der Waals surface area contributed by atoms with Gasteiger partial charge in [0.15, 0.2) is 10.4 Å². The van der Waals surface area contributed by atoms with E-state index in [1.165, 1.54) is 5.56 Å². The summed E-state index contributed by atoms with van der Waals surface area (Å²) >= 11 is 3.15. The number of furan rings is 1. The summed E-state index contributed by atoms with van der Waals surface area (Å²) in [6.45, 7) is 5.92. The lowest BCUT2D eigenvalue weighted by Gasteiger charge is -2.06. The van der Waals surface area contributed by atoms with E-state index < -0.39 is 0 Å². The summed E-state index contributed by atoms with van der Waals surface area (Å²) in [7, 11) is 0. The van der Waals surface area contributed by atoms with Gasteiger partial charge in [0.2, 0.25) is 0 Å². The van der Waals surface area contributed by atoms with Crippen LogP contribution in [-0.4, -0.2) is 11.6 Å². The van der Waals surface area contributed by atoms with E-state index in [0.717, 1.165) is 16.8 Å². The Hall–Kier alpha value is -1.88. The van der Waals surface area contributed by atoms with Crippen molar-refractivity contribution in [2.45, 2.75) is 20.8 Å². The molecule has 0 atom stereocenters. The van der Waals surface area contributed by atoms with E-state index in [1.807, 2.05) is 32.9 Å². The Morgan fingerprint density at radius 3 is 2.60 bits per heavy atom. The molecule has 1 aromatic carbocycles. The Kier molecular flexibility index (Phi) is 4.39. The van der Waals surface area contributed by atoms with Crippen molar-refractivity contribution in [1.82, 2.24) is 5.43 Å². The molecule has 0 aliphatic carbocycles. The van der Waals surface area contributed by atoms with Gasteiger partial charge in [0.05, 0.1) is 5.71 Å². The van der Waals surface area contributed by atoms with Crippen LogP contribution >= 0.6 is 15.9 Å². The smallest absolute Gasteiger partial charge is 0.307 e. The molecule has 0 aliphatic rings. The number of amides is 1. The molecule has 5 heteroatoms. The highest BCUT2D eigenvalue weighted by molar-refractivity contribution is 9.10. The summed E-state index contributed by atoms with van der Waals surface area (Å²) in [5, 5.41) is 4.11. The molecule has 0 radical (unpaired) electrons. The molecule has 1 amide bonds. The minimum atomic E-state index is -0.375. The third-order valence-corrected chi connectivity index (χ3v) is 3.32. The molecule has 0 aliphatic heterocycles. The van der Waals surface area contributed by atoms with Gasteiger partial charge in [-0.25, -0.2) is 5.43 Å². The SMILES string of the molecule is CC(=NNC(=O)c1ccc(Br)o1)c1ccc(C)cc1C. The highest BCUT2D eigenvalue weighted by Gasteiger charge is 2.10. The molecule has 1 heterocycles. The molecule has 0 saturated carbocycles. The minimum absolute atomic E-state index is 0.217. The first-order valence-electron chi connectivity index (χ1n) is 6.15. The van der Waals surface area contributed by atoms with Crippen LogP contribution in [0.15, 0.2) is 44.5 Å². The number of nitrogens with zero attached hydrogens (tertiary/aromatic N) is 1. The minimum Gasteiger partial charge on any atom is -0.444 e. The lowest BCUT2D eigenvalue weighted by molar-refractivity contribution is 0.0926. The Morgan fingerprint density at radius 2 is 2.00 bits per heavy atom. The van der Waals surface area contributed by atoms with E-state index in [0.29, 0.717) is 4.67 Å². The van der Waals surface area contributed by atoms with Crippen molar-refractivity contribution in [1.29, 1.82) is 0 Å². The van der Waals surface area contributed by atoms with Crippen molar-refractivity contribution in [2.75, 3.05) is 0 Å². The van der Waals surface area contributed by atoms with Crippen molar-refractivity contribution >= 4 is 27.5 Å². The lowest BCUT2D eigenvalue weighted by atomic mass is 10.0. The fourth-order valence-electron chi connectivity index (χ4n) is 1.91. The first-order chi connectivity index (χ1) is 9.47. The number of benzene rings is 1. The van der Waals surface area contributed by atoms with Crippen LogP contribution in [0.25, 0.3) is 0 Å². The number of halogens is 1. The molecule has 1 N–H and O–H groups in total. The zero-order valence-electron chi connectivity index (χ0n) is 11.5. The van der Waals surface area contributed by atoms with Crippen LogP contribution in [0.5, 0.6) is 0 Å². The molecule has 0 spiro atoms. The highest BCUT2D eigenvalue weighted by atomic mass is 79.9. The topological polar surface area (TPSA) is 54.6 Å². The highest BCUT2D eigenvalue weighted by Crippen LogP contribution is 2.14. The maximum Gasteiger partial charge on any atom is 0.307 e. The van der Waals surface area contributed by atoms with Gasteiger partial charge < -0.3 is 4.42 Å². The van der Waals surface area contributed by atoms with E-state index in [-0.39, 0.29) is 11.7 Å². The number of carbonyl (C=O) groups excluding carboxylic acids is 1. The Labute approximate surface area is 126 Å². The Bertz CT molecular complexity index is 674. The van der Waals surface area contributed by atoms with Gasteiger partial charge in [-0.15, -0.1) is 0 Å². The number of hydrogen-bond acceptors (Lipinski definition) is 3. The average molecular weight is 335 g/mol. The summed E-state index contributed by atoms with van der Waals surface area (Å²) in [5.41, 5.74) is 6.57. The summed E-state index contributed by atoms with van der Waals surface area (Å²) in [6.07, 6.45) is 0. The van der Waals surface area contributed by atoms with Gasteiger partial charge >= 0.3 is 5.91 Å². The van der Waals surface area contributed by atoms with Gasteiger partial charge in [-0.1, -0.05) is 23.8 Å². The third kappa shape index (κ3) is 3.36. The second-order valence-corrected chi connectivity index (χ2v) is 5.34. The summed E-state index contributed by atoms with van der Waals surface area (Å²) in [6, 6.07) is 9.35. The molecule has 2 aromatic rings. The van der Waals surface area contributed by atoms with E-state index in [4.69, 9.17) is 4.42 Å². The van der Waals surface area contributed by atoms with E-state index in [9.17, 15) is 4.79 Å². The molecular weight excluding hydrogens is 320 g/mol. The summed E-state index contributed by atoms with van der Waals surface area (Å²) in [4.78, 5) is 11.8. The van der Waals surface area contributed by atoms with Crippen molar-refractivity contribution in [3.63, 3.8) is 0 Å². The number of nitrogens with one attached hydrogen (secondary N) is 1. The molecule has 0 fully saturated rings. The van der Waals surface area contributed by atoms with Crippen LogP contribution in [0, 0.1) is 13.8 Å². The molecule has 0 bridgehead atoms. The first kappa shape index (κ1) is 14.5. The van der Waals surface area contributed by atoms with Crippen molar-refractivity contribution in [3.05, 3.63) is 57.5 Å². The van der Waals surface area contributed by atoms with Gasteiger partial charge in [-0.2, -0.15) is 5.10 Å². The summed E-state index contributed by atoms with van der Waals surface area (Å²) < 4.78 is 5.67. The second kappa shape index (κ2) is 6.05. The van der Waals surface area contributed by atoms with Crippen molar-refractivity contribution in [3.8, 4) is 0 Å². The maximum atomic E-state index is 11.8. The Morgan fingerprint density at radius 1 is 1.25 bits per heavy atom. The molecule has 4 nitrogen and oxygen atoms in total. The standard InChI is InChI=1S/C15H15BrN2O2/c1-9-4-5-12(10(2)8-9)11(3)17-18-15(19)13-6-7-14(16)20-13/h4-8H,1-3H3,(H,18,19). The van der Waals surface area contributed by atoms with Gasteiger partial charge in [0.25, 0.3) is 0 Å². The van der Waals surface area contributed by atoms with Crippen LogP contribution in [0.1, 0.15) is 34.2 Å². The quantitative estimate of drug-likeness (QED) is 0.685. The zero-order valence-corrected chi connectivity index (χ0v) is 13.1. The van der Waals surface area contributed by atoms with Gasteiger partial charge in [0, 0.05) is 5.56 Å². The van der Waals surface area contributed by atoms with E-state index in [1.54, 1.807) is 12.1 Å². The number of hydrazone groups is 1. The van der Waals surface area contributed by atoms with Crippen molar-refractivity contribution in [2.24, 2.45) is 5.10 Å². The number of hydrogen-bond donors (Lipinski definition) is 1. The van der Waals surface area contributed by atoms with Crippen LogP contribution in [0.4, 0.5) is 0 Å². The van der Waals surface area contributed by atoms with Gasteiger partial charge in [-0.05, 0) is 54.4 Å². The van der Waals surface area contributed by atoms with E-state index >= 15 is 0 Å². The summed E-state index contributed by atoms with van der Waals surface area (Å²) in [5.74, 6) is -0.158. The molecule has 0 unspecified atom stereocenters. The molecule has 2 rings (SSSR count). The van der Waals surface area contributed by atoms with Crippen LogP contribution in [0.2, 0.25) is 0 Å². The molecular formula is C15H15BrN2O2. The number of rotatable bonds is 3. The largest absolute Gasteiger partial charge is 0.444 e. The normalized spacial score (nSPS) is 11.5. The monoisotopic (exact) mass is 334 g/mol. The first-order valence-corrected chi connectivity index (χ1v) is 6.94. The van der Waals surface area contributed by atoms with Crippen molar-refractivity contribution < 1.29 is 9.21 Å². The van der Waals surface area contributed by atoms with Crippen LogP contribution in [-0.2, 0) is 0 Å². The number of aryl methyl sites for hydroxylation is 2. The van der Waals surface area contributed by atoms with Gasteiger partial charge in [-0.3, -0.25) is 4.79 Å². The fraction of sp³-hybridized carbons (Fsp3) is 0.200. The third-order valence-electron chi connectivity index (χ3n) is 2.89. The van der Waals surface area contributed by atoms with Crippen LogP contribution < -0.4 is 5.43 Å². The van der Waals surface area contributed by atoms with Crippen LogP contribution in [0.3, 0.4) is 0 Å². The number of carbonyl (C=O) groups is 1. The second-order valence-electron chi connectivity index (χ2n) is 4.56. The van der Waals surface area contributed by atoms with Gasteiger partial charge in [0.1, 0.15) is 0 Å². The molecule has 1 aromatic heterocycles. The predicted octanol–water partition coefficient (Wildman–Crippen LogP) is 3.81. The Balaban J connectivity index is 2.13. The maximum absolute atomic E-state index is 11.8. The zero-order chi connectivity index (χ0) is 14.7. The fourth-order valence-corrected chi connectivity index (χ4v) is 2.21. The lowest BCUT2D eigenvalue weighted by Crippen LogP contribution is -2.19. The molecule has 0 saturated heterocycles. The predicted molar refractivity (Wildman–Crippen MR) is 82.0 cm³/mol. The molecule has 104 valence electrons.